The van der Waals surface area contributed by atoms with Gasteiger partial charge in [0.05, 0.1) is 0 Å². The Labute approximate surface area is 150 Å². The van der Waals surface area contributed by atoms with Gasteiger partial charge < -0.3 is 4.74 Å². The first-order valence-corrected chi connectivity index (χ1v) is 8.45. The topological polar surface area (TPSA) is 75.6 Å². The Morgan fingerprint density at radius 3 is 2.64 bits per heavy atom. The Hall–Kier alpha value is -2.37. The number of esters is 1. The van der Waals surface area contributed by atoms with Gasteiger partial charge in [0.15, 0.2) is 0 Å². The Kier molecular flexibility index (Phi) is 5.36. The molecule has 1 unspecified atom stereocenters. The first kappa shape index (κ1) is 17.5. The van der Waals surface area contributed by atoms with E-state index in [1.807, 2.05) is 6.07 Å². The highest BCUT2D eigenvalue weighted by atomic mass is 35.5. The molecule has 6 heteroatoms. The third kappa shape index (κ3) is 4.38. The van der Waals surface area contributed by atoms with E-state index in [0.717, 1.165) is 30.4 Å². The Morgan fingerprint density at radius 1 is 1.16 bits per heavy atom. The SMILES string of the molecule is O=C(CC1CCc2cc(C(=O)NO)ccc2C1)Oc1ccc(Cl)cc1. The monoisotopic (exact) mass is 359 g/mol. The van der Waals surface area contributed by atoms with Gasteiger partial charge >= 0.3 is 5.97 Å². The minimum Gasteiger partial charge on any atom is -0.427 e. The standard InChI is InChI=1S/C19H18ClNO4/c20-16-5-7-17(8-6-16)25-18(22)10-12-1-2-14-11-15(19(23)21-24)4-3-13(14)9-12/h3-8,11-12,24H,1-2,9-10H2,(H,21,23). The summed E-state index contributed by atoms with van der Waals surface area (Å²) in [6, 6.07) is 12.1. The molecule has 0 fully saturated rings. The van der Waals surface area contributed by atoms with E-state index in [4.69, 9.17) is 21.5 Å². The molecule has 0 aliphatic heterocycles. The average Bonchev–Trinajstić information content (AvgIpc) is 2.62. The van der Waals surface area contributed by atoms with Crippen molar-refractivity contribution >= 4 is 23.5 Å². The van der Waals surface area contributed by atoms with Crippen LogP contribution < -0.4 is 10.2 Å². The summed E-state index contributed by atoms with van der Waals surface area (Å²) in [4.78, 5) is 23.6. The van der Waals surface area contributed by atoms with Gasteiger partial charge in [0.2, 0.25) is 0 Å². The van der Waals surface area contributed by atoms with Crippen LogP contribution >= 0.6 is 11.6 Å². The predicted molar refractivity (Wildman–Crippen MR) is 92.9 cm³/mol. The fraction of sp³-hybridized carbons (Fsp3) is 0.263. The van der Waals surface area contributed by atoms with Crippen LogP contribution in [0.1, 0.15) is 34.3 Å². The Balaban J connectivity index is 1.60. The summed E-state index contributed by atoms with van der Waals surface area (Å²) < 4.78 is 5.35. The number of amides is 1. The minimum atomic E-state index is -0.517. The van der Waals surface area contributed by atoms with Crippen LogP contribution in [0.25, 0.3) is 0 Å². The molecule has 0 heterocycles. The minimum absolute atomic E-state index is 0.213. The molecule has 0 aromatic heterocycles. The number of carbonyl (C=O) groups excluding carboxylic acids is 2. The van der Waals surface area contributed by atoms with Crippen LogP contribution in [0.3, 0.4) is 0 Å². The normalized spacial score (nSPS) is 16.0. The van der Waals surface area contributed by atoms with Gasteiger partial charge in [0.25, 0.3) is 5.91 Å². The number of benzene rings is 2. The molecule has 25 heavy (non-hydrogen) atoms. The Bertz CT molecular complexity index is 789. The highest BCUT2D eigenvalue weighted by Gasteiger charge is 2.23. The molecule has 0 radical (unpaired) electrons. The van der Waals surface area contributed by atoms with Crippen molar-refractivity contribution < 1.29 is 19.5 Å². The van der Waals surface area contributed by atoms with Crippen LogP contribution in [0.5, 0.6) is 5.75 Å². The first-order chi connectivity index (χ1) is 12.0. The molecular weight excluding hydrogens is 342 g/mol. The van der Waals surface area contributed by atoms with Gasteiger partial charge in [0.1, 0.15) is 5.75 Å². The van der Waals surface area contributed by atoms with E-state index >= 15 is 0 Å². The largest absolute Gasteiger partial charge is 0.427 e. The van der Waals surface area contributed by atoms with Crippen LogP contribution in [0.15, 0.2) is 42.5 Å². The zero-order valence-electron chi connectivity index (χ0n) is 13.5. The summed E-state index contributed by atoms with van der Waals surface area (Å²) in [6.07, 6.45) is 2.76. The third-order valence-corrected chi connectivity index (χ3v) is 4.65. The second-order valence-corrected chi connectivity index (χ2v) is 6.60. The van der Waals surface area contributed by atoms with Crippen LogP contribution in [0.2, 0.25) is 5.02 Å². The number of carbonyl (C=O) groups is 2. The van der Waals surface area contributed by atoms with E-state index in [1.165, 1.54) is 0 Å². The summed E-state index contributed by atoms with van der Waals surface area (Å²) >= 11 is 5.81. The molecule has 3 rings (SSSR count). The van der Waals surface area contributed by atoms with Crippen molar-refractivity contribution in [2.75, 3.05) is 0 Å². The van der Waals surface area contributed by atoms with Gasteiger partial charge in [-0.2, -0.15) is 0 Å². The van der Waals surface area contributed by atoms with Crippen molar-refractivity contribution in [3.05, 3.63) is 64.2 Å². The first-order valence-electron chi connectivity index (χ1n) is 8.07. The van der Waals surface area contributed by atoms with Gasteiger partial charge in [-0.25, -0.2) is 5.48 Å². The van der Waals surface area contributed by atoms with Gasteiger partial charge in [-0.15, -0.1) is 0 Å². The van der Waals surface area contributed by atoms with Crippen molar-refractivity contribution in [2.24, 2.45) is 5.92 Å². The molecule has 0 bridgehead atoms. The maximum Gasteiger partial charge on any atom is 0.311 e. The highest BCUT2D eigenvalue weighted by Crippen LogP contribution is 2.29. The lowest BCUT2D eigenvalue weighted by molar-refractivity contribution is -0.135. The quantitative estimate of drug-likeness (QED) is 0.379. The maximum atomic E-state index is 12.1. The summed E-state index contributed by atoms with van der Waals surface area (Å²) in [5.41, 5.74) is 4.29. The maximum absolute atomic E-state index is 12.1. The number of hydrogen-bond donors (Lipinski definition) is 2. The molecule has 2 aromatic carbocycles. The van der Waals surface area contributed by atoms with E-state index in [-0.39, 0.29) is 11.9 Å². The summed E-state index contributed by atoms with van der Waals surface area (Å²) in [7, 11) is 0. The average molecular weight is 360 g/mol. The number of aryl methyl sites for hydroxylation is 1. The number of ether oxygens (including phenoxy) is 1. The van der Waals surface area contributed by atoms with Crippen LogP contribution in [0, 0.1) is 5.92 Å². The number of rotatable bonds is 4. The summed E-state index contributed by atoms with van der Waals surface area (Å²) in [5.74, 6) is -0.0707. The molecule has 1 amide bonds. The summed E-state index contributed by atoms with van der Waals surface area (Å²) in [5, 5.41) is 9.31. The summed E-state index contributed by atoms with van der Waals surface area (Å²) in [6.45, 7) is 0. The van der Waals surface area contributed by atoms with E-state index in [2.05, 4.69) is 0 Å². The van der Waals surface area contributed by atoms with Gasteiger partial charge in [0, 0.05) is 17.0 Å². The van der Waals surface area contributed by atoms with E-state index in [1.54, 1.807) is 41.9 Å². The smallest absolute Gasteiger partial charge is 0.311 e. The van der Waals surface area contributed by atoms with Crippen LogP contribution in [0.4, 0.5) is 0 Å². The highest BCUT2D eigenvalue weighted by molar-refractivity contribution is 6.30. The molecule has 1 aliphatic rings. The molecule has 0 saturated carbocycles. The molecule has 0 saturated heterocycles. The second kappa shape index (κ2) is 7.68. The van der Waals surface area contributed by atoms with Crippen molar-refractivity contribution in [2.45, 2.75) is 25.7 Å². The molecule has 2 N–H and O–H groups in total. The van der Waals surface area contributed by atoms with Gasteiger partial charge in [-0.3, -0.25) is 14.8 Å². The molecule has 130 valence electrons. The molecule has 5 nitrogen and oxygen atoms in total. The number of hydroxylamine groups is 1. The van der Waals surface area contributed by atoms with Crippen molar-refractivity contribution in [3.63, 3.8) is 0 Å². The lowest BCUT2D eigenvalue weighted by Gasteiger charge is -2.24. The molecular formula is C19H18ClNO4. The zero-order valence-corrected chi connectivity index (χ0v) is 14.3. The van der Waals surface area contributed by atoms with Gasteiger partial charge in [-0.1, -0.05) is 17.7 Å². The lowest BCUT2D eigenvalue weighted by atomic mass is 9.81. The Morgan fingerprint density at radius 2 is 1.92 bits per heavy atom. The fourth-order valence-corrected chi connectivity index (χ4v) is 3.25. The van der Waals surface area contributed by atoms with E-state index in [9.17, 15) is 9.59 Å². The lowest BCUT2D eigenvalue weighted by Crippen LogP contribution is -2.22. The number of halogens is 1. The molecule has 0 spiro atoms. The third-order valence-electron chi connectivity index (χ3n) is 4.40. The molecule has 1 atom stereocenters. The number of nitrogens with one attached hydrogen (secondary N) is 1. The molecule has 2 aromatic rings. The fourth-order valence-electron chi connectivity index (χ4n) is 3.12. The zero-order chi connectivity index (χ0) is 17.8. The van der Waals surface area contributed by atoms with Crippen molar-refractivity contribution in [3.8, 4) is 5.75 Å². The second-order valence-electron chi connectivity index (χ2n) is 6.17. The number of hydrogen-bond acceptors (Lipinski definition) is 4. The van der Waals surface area contributed by atoms with E-state index < -0.39 is 5.91 Å². The molecule has 1 aliphatic carbocycles. The van der Waals surface area contributed by atoms with Crippen LogP contribution in [-0.2, 0) is 17.6 Å². The number of fused-ring (bicyclic) bond motifs is 1. The van der Waals surface area contributed by atoms with E-state index in [0.29, 0.717) is 22.8 Å². The van der Waals surface area contributed by atoms with Crippen molar-refractivity contribution in [1.82, 2.24) is 5.48 Å². The van der Waals surface area contributed by atoms with Crippen molar-refractivity contribution in [1.29, 1.82) is 0 Å². The van der Waals surface area contributed by atoms with Gasteiger partial charge in [-0.05, 0) is 72.7 Å². The van der Waals surface area contributed by atoms with Crippen LogP contribution in [-0.4, -0.2) is 17.1 Å². The predicted octanol–water partition coefficient (Wildman–Crippen LogP) is 3.56.